The second-order valence-electron chi connectivity index (χ2n) is 7.39. The summed E-state index contributed by atoms with van der Waals surface area (Å²) in [7, 11) is 0. The van der Waals surface area contributed by atoms with Crippen molar-refractivity contribution < 1.29 is 19.1 Å². The van der Waals surface area contributed by atoms with Gasteiger partial charge in [-0.15, -0.1) is 0 Å². The van der Waals surface area contributed by atoms with Crippen LogP contribution in [-0.4, -0.2) is 24.8 Å². The van der Waals surface area contributed by atoms with E-state index >= 15 is 0 Å². The Bertz CT molecular complexity index is 954. The number of carbonyl (C=O) groups is 2. The Labute approximate surface area is 171 Å². The van der Waals surface area contributed by atoms with Gasteiger partial charge in [-0.2, -0.15) is 0 Å². The first-order chi connectivity index (χ1) is 13.8. The quantitative estimate of drug-likeness (QED) is 0.392. The molecule has 0 bridgehead atoms. The van der Waals surface area contributed by atoms with E-state index in [0.29, 0.717) is 17.1 Å². The number of hydrogen-bond donors (Lipinski definition) is 0. The summed E-state index contributed by atoms with van der Waals surface area (Å²) in [5.74, 6) is 0.363. The van der Waals surface area contributed by atoms with Crippen molar-refractivity contribution in [1.29, 1.82) is 0 Å². The standard InChI is InChI=1S/C24H27NO4/c1-6-25(7-2)18-10-8-17(9-11-18)13-21-23(26)22-16(5)12-19(14-20(22)29-21)28-24(27)15(3)4/h8-15H,6-7H2,1-5H3/b21-13-. The lowest BCUT2D eigenvalue weighted by molar-refractivity contribution is -0.137. The monoisotopic (exact) mass is 393 g/mol. The van der Waals surface area contributed by atoms with E-state index in [1.54, 1.807) is 32.1 Å². The van der Waals surface area contributed by atoms with E-state index in [0.717, 1.165) is 29.9 Å². The molecule has 29 heavy (non-hydrogen) atoms. The fourth-order valence-corrected chi connectivity index (χ4v) is 3.29. The third-order valence-electron chi connectivity index (χ3n) is 4.95. The summed E-state index contributed by atoms with van der Waals surface area (Å²) >= 11 is 0. The minimum Gasteiger partial charge on any atom is -0.452 e. The van der Waals surface area contributed by atoms with Gasteiger partial charge in [0.15, 0.2) is 5.76 Å². The van der Waals surface area contributed by atoms with Gasteiger partial charge in [-0.3, -0.25) is 9.59 Å². The summed E-state index contributed by atoms with van der Waals surface area (Å²) in [5.41, 5.74) is 3.27. The van der Waals surface area contributed by atoms with Crippen molar-refractivity contribution in [3.8, 4) is 11.5 Å². The number of ether oxygens (including phenoxy) is 2. The van der Waals surface area contributed by atoms with Gasteiger partial charge in [-0.05, 0) is 56.2 Å². The minimum atomic E-state index is -0.322. The molecule has 0 spiro atoms. The van der Waals surface area contributed by atoms with Crippen molar-refractivity contribution in [2.75, 3.05) is 18.0 Å². The largest absolute Gasteiger partial charge is 0.452 e. The minimum absolute atomic E-state index is 0.160. The van der Waals surface area contributed by atoms with Crippen molar-refractivity contribution in [2.45, 2.75) is 34.6 Å². The van der Waals surface area contributed by atoms with Gasteiger partial charge >= 0.3 is 5.97 Å². The third kappa shape index (κ3) is 4.34. The van der Waals surface area contributed by atoms with Crippen molar-refractivity contribution in [1.82, 2.24) is 0 Å². The highest BCUT2D eigenvalue weighted by atomic mass is 16.5. The van der Waals surface area contributed by atoms with E-state index in [1.807, 2.05) is 31.2 Å². The van der Waals surface area contributed by atoms with Crippen LogP contribution in [0.15, 0.2) is 42.2 Å². The molecule has 0 saturated carbocycles. The molecule has 2 aromatic carbocycles. The van der Waals surface area contributed by atoms with Gasteiger partial charge < -0.3 is 14.4 Å². The van der Waals surface area contributed by atoms with Crippen LogP contribution in [0.3, 0.4) is 0 Å². The number of anilines is 1. The molecule has 2 aromatic rings. The summed E-state index contributed by atoms with van der Waals surface area (Å²) in [4.78, 5) is 26.9. The fourth-order valence-electron chi connectivity index (χ4n) is 3.29. The smallest absolute Gasteiger partial charge is 0.313 e. The van der Waals surface area contributed by atoms with Gasteiger partial charge in [0.05, 0.1) is 11.5 Å². The number of fused-ring (bicyclic) bond motifs is 1. The average Bonchev–Trinajstić information content (AvgIpc) is 2.99. The number of benzene rings is 2. The molecule has 0 N–H and O–H groups in total. The Balaban J connectivity index is 1.84. The molecule has 0 radical (unpaired) electrons. The molecule has 5 nitrogen and oxygen atoms in total. The fraction of sp³-hybridized carbons (Fsp3) is 0.333. The number of ketones is 1. The van der Waals surface area contributed by atoms with E-state index in [1.165, 1.54) is 0 Å². The molecule has 0 amide bonds. The number of Topliss-reactive ketones (excluding diaryl/α,β-unsaturated/α-hetero) is 1. The number of hydrogen-bond acceptors (Lipinski definition) is 5. The van der Waals surface area contributed by atoms with Crippen LogP contribution < -0.4 is 14.4 Å². The van der Waals surface area contributed by atoms with E-state index in [-0.39, 0.29) is 23.4 Å². The van der Waals surface area contributed by atoms with Crippen LogP contribution in [0.4, 0.5) is 5.69 Å². The molecule has 0 aliphatic carbocycles. The van der Waals surface area contributed by atoms with Gasteiger partial charge in [-0.25, -0.2) is 0 Å². The summed E-state index contributed by atoms with van der Waals surface area (Å²) < 4.78 is 11.2. The average molecular weight is 393 g/mol. The highest BCUT2D eigenvalue weighted by molar-refractivity contribution is 6.15. The maximum absolute atomic E-state index is 12.8. The molecular weight excluding hydrogens is 366 g/mol. The van der Waals surface area contributed by atoms with Gasteiger partial charge in [0.25, 0.3) is 0 Å². The number of carbonyl (C=O) groups excluding carboxylic acids is 2. The molecule has 5 heteroatoms. The first kappa shape index (κ1) is 20.6. The Morgan fingerprint density at radius 1 is 1.14 bits per heavy atom. The van der Waals surface area contributed by atoms with Gasteiger partial charge in [-0.1, -0.05) is 26.0 Å². The first-order valence-electron chi connectivity index (χ1n) is 9.99. The summed E-state index contributed by atoms with van der Waals surface area (Å²) in [6.45, 7) is 11.5. The maximum Gasteiger partial charge on any atom is 0.313 e. The van der Waals surface area contributed by atoms with E-state index < -0.39 is 0 Å². The molecule has 3 rings (SSSR count). The van der Waals surface area contributed by atoms with E-state index in [9.17, 15) is 9.59 Å². The van der Waals surface area contributed by atoms with E-state index in [2.05, 4.69) is 18.7 Å². The van der Waals surface area contributed by atoms with Crippen LogP contribution >= 0.6 is 0 Å². The SMILES string of the molecule is CCN(CC)c1ccc(/C=C2\Oc3cc(OC(=O)C(C)C)cc(C)c3C2=O)cc1. The molecule has 1 aliphatic rings. The molecule has 0 saturated heterocycles. The van der Waals surface area contributed by atoms with Gasteiger partial charge in [0, 0.05) is 24.8 Å². The van der Waals surface area contributed by atoms with Crippen LogP contribution in [0.5, 0.6) is 11.5 Å². The molecule has 0 fully saturated rings. The zero-order valence-corrected chi connectivity index (χ0v) is 17.6. The zero-order chi connectivity index (χ0) is 21.1. The highest BCUT2D eigenvalue weighted by Crippen LogP contribution is 2.37. The second kappa shape index (κ2) is 8.52. The van der Waals surface area contributed by atoms with Gasteiger partial charge in [0.1, 0.15) is 11.5 Å². The van der Waals surface area contributed by atoms with Crippen LogP contribution in [-0.2, 0) is 4.79 Å². The molecular formula is C24H27NO4. The van der Waals surface area contributed by atoms with Crippen LogP contribution in [0.2, 0.25) is 0 Å². The predicted octanol–water partition coefficient (Wildman–Crippen LogP) is 5.02. The van der Waals surface area contributed by atoms with Crippen molar-refractivity contribution >= 4 is 23.5 Å². The lowest BCUT2D eigenvalue weighted by Gasteiger charge is -2.20. The first-order valence-corrected chi connectivity index (χ1v) is 9.99. The Hall–Kier alpha value is -3.08. The van der Waals surface area contributed by atoms with E-state index in [4.69, 9.17) is 9.47 Å². The van der Waals surface area contributed by atoms with Crippen molar-refractivity contribution in [3.63, 3.8) is 0 Å². The molecule has 0 aromatic heterocycles. The highest BCUT2D eigenvalue weighted by Gasteiger charge is 2.30. The normalized spacial score (nSPS) is 14.1. The van der Waals surface area contributed by atoms with Crippen molar-refractivity contribution in [2.24, 2.45) is 5.92 Å². The summed E-state index contributed by atoms with van der Waals surface area (Å²) in [5, 5.41) is 0. The van der Waals surface area contributed by atoms with Crippen LogP contribution in [0.1, 0.15) is 49.2 Å². The lowest BCUT2D eigenvalue weighted by atomic mass is 10.0. The topological polar surface area (TPSA) is 55.8 Å². The maximum atomic E-state index is 12.8. The molecule has 1 aliphatic heterocycles. The summed E-state index contributed by atoms with van der Waals surface area (Å²) in [6, 6.07) is 11.3. The lowest BCUT2D eigenvalue weighted by Crippen LogP contribution is -2.21. The summed E-state index contributed by atoms with van der Waals surface area (Å²) in [6.07, 6.45) is 1.74. The number of nitrogens with zero attached hydrogens (tertiary/aromatic N) is 1. The van der Waals surface area contributed by atoms with Gasteiger partial charge in [0.2, 0.25) is 5.78 Å². The second-order valence-corrected chi connectivity index (χ2v) is 7.39. The molecule has 0 unspecified atom stereocenters. The molecule has 152 valence electrons. The Morgan fingerprint density at radius 3 is 2.38 bits per heavy atom. The number of rotatable bonds is 6. The predicted molar refractivity (Wildman–Crippen MR) is 115 cm³/mol. The number of aryl methyl sites for hydroxylation is 1. The Morgan fingerprint density at radius 2 is 1.79 bits per heavy atom. The third-order valence-corrected chi connectivity index (χ3v) is 4.95. The Kier molecular flexibility index (Phi) is 6.06. The number of allylic oxidation sites excluding steroid dienone is 1. The van der Waals surface area contributed by atoms with Crippen molar-refractivity contribution in [3.05, 3.63) is 58.8 Å². The number of esters is 1. The van der Waals surface area contributed by atoms with Crippen LogP contribution in [0, 0.1) is 12.8 Å². The molecule has 1 heterocycles. The molecule has 0 atom stereocenters. The van der Waals surface area contributed by atoms with Crippen LogP contribution in [0.25, 0.3) is 6.08 Å². The zero-order valence-electron chi connectivity index (χ0n) is 17.6.